The average Bonchev–Trinajstić information content (AvgIpc) is 2.84. The second kappa shape index (κ2) is 6.08. The van der Waals surface area contributed by atoms with E-state index in [1.807, 2.05) is 6.20 Å². The van der Waals surface area contributed by atoms with Crippen molar-refractivity contribution >= 4 is 0 Å². The van der Waals surface area contributed by atoms with Crippen LogP contribution in [0.3, 0.4) is 0 Å². The number of hydrogen-bond acceptors (Lipinski definition) is 2. The molecule has 0 amide bonds. The Kier molecular flexibility index (Phi) is 4.67. The van der Waals surface area contributed by atoms with E-state index in [0.29, 0.717) is 17.5 Å². The molecule has 1 aromatic heterocycles. The molecule has 1 fully saturated rings. The van der Waals surface area contributed by atoms with Gasteiger partial charge in [0.2, 0.25) is 0 Å². The Hall–Kier alpha value is -0.830. The van der Waals surface area contributed by atoms with Gasteiger partial charge in [-0.3, -0.25) is 0 Å². The lowest BCUT2D eigenvalue weighted by atomic mass is 9.70. The molecule has 0 aliphatic heterocycles. The lowest BCUT2D eigenvalue weighted by Gasteiger charge is -2.45. The van der Waals surface area contributed by atoms with Crippen LogP contribution in [0.25, 0.3) is 0 Å². The molecule has 1 heterocycles. The molecule has 0 spiro atoms. The van der Waals surface area contributed by atoms with E-state index in [1.54, 1.807) is 0 Å². The van der Waals surface area contributed by atoms with Crippen molar-refractivity contribution in [1.29, 1.82) is 0 Å². The molecule has 0 aromatic carbocycles. The lowest BCUT2D eigenvalue weighted by Crippen LogP contribution is -2.50. The number of hydrogen-bond donors (Lipinski definition) is 1. The molecule has 3 nitrogen and oxygen atoms in total. The molecule has 0 saturated heterocycles. The Morgan fingerprint density at radius 1 is 1.42 bits per heavy atom. The molecular weight excluding hydrogens is 234 g/mol. The van der Waals surface area contributed by atoms with Crippen LogP contribution in [0.15, 0.2) is 12.4 Å². The normalized spacial score (nSPS) is 26.5. The van der Waals surface area contributed by atoms with Crippen LogP contribution in [0.1, 0.15) is 65.2 Å². The van der Waals surface area contributed by atoms with Crippen LogP contribution in [-0.2, 0) is 6.42 Å². The highest BCUT2D eigenvalue weighted by Gasteiger charge is 2.39. The van der Waals surface area contributed by atoms with Crippen molar-refractivity contribution in [2.24, 2.45) is 5.41 Å². The smallest absolute Gasteiger partial charge is 0.108 e. The first-order valence-electron chi connectivity index (χ1n) is 7.85. The van der Waals surface area contributed by atoms with Gasteiger partial charge in [-0.2, -0.15) is 0 Å². The molecule has 2 atom stereocenters. The molecule has 2 rings (SSSR count). The van der Waals surface area contributed by atoms with Gasteiger partial charge in [-0.05, 0) is 31.2 Å². The van der Waals surface area contributed by atoms with Gasteiger partial charge >= 0.3 is 0 Å². The van der Waals surface area contributed by atoms with Gasteiger partial charge in [-0.1, -0.05) is 34.1 Å². The number of rotatable bonds is 5. The SMILES string of the molecule is CCCNC1C(n2ccnc2CC)CCCC1(C)C. The van der Waals surface area contributed by atoms with Crippen LogP contribution >= 0.6 is 0 Å². The summed E-state index contributed by atoms with van der Waals surface area (Å²) in [5, 5.41) is 3.80. The second-order valence-electron chi connectivity index (χ2n) is 6.48. The number of aromatic nitrogens is 2. The van der Waals surface area contributed by atoms with Gasteiger partial charge in [0.15, 0.2) is 0 Å². The van der Waals surface area contributed by atoms with Crippen LogP contribution in [0, 0.1) is 5.41 Å². The quantitative estimate of drug-likeness (QED) is 0.880. The first kappa shape index (κ1) is 14.6. The molecule has 1 aliphatic rings. The summed E-state index contributed by atoms with van der Waals surface area (Å²) in [6.07, 6.45) is 10.3. The van der Waals surface area contributed by atoms with E-state index in [2.05, 4.69) is 48.8 Å². The maximum Gasteiger partial charge on any atom is 0.108 e. The van der Waals surface area contributed by atoms with Crippen LogP contribution in [-0.4, -0.2) is 22.1 Å². The molecule has 19 heavy (non-hydrogen) atoms. The van der Waals surface area contributed by atoms with E-state index in [0.717, 1.165) is 13.0 Å². The summed E-state index contributed by atoms with van der Waals surface area (Å²) in [4.78, 5) is 4.51. The lowest BCUT2D eigenvalue weighted by molar-refractivity contribution is 0.111. The van der Waals surface area contributed by atoms with Crippen LogP contribution in [0.5, 0.6) is 0 Å². The van der Waals surface area contributed by atoms with Gasteiger partial charge in [-0.25, -0.2) is 4.98 Å². The third-order valence-electron chi connectivity index (χ3n) is 4.58. The molecule has 1 saturated carbocycles. The van der Waals surface area contributed by atoms with E-state index in [-0.39, 0.29) is 0 Å². The van der Waals surface area contributed by atoms with Crippen molar-refractivity contribution in [1.82, 2.24) is 14.9 Å². The molecule has 0 bridgehead atoms. The zero-order valence-electron chi connectivity index (χ0n) is 12.9. The number of nitrogens with zero attached hydrogens (tertiary/aromatic N) is 2. The highest BCUT2D eigenvalue weighted by Crippen LogP contribution is 2.41. The number of imidazole rings is 1. The fourth-order valence-corrected chi connectivity index (χ4v) is 3.54. The van der Waals surface area contributed by atoms with Gasteiger partial charge in [0.05, 0.1) is 6.04 Å². The summed E-state index contributed by atoms with van der Waals surface area (Å²) in [6.45, 7) is 10.4. The Morgan fingerprint density at radius 2 is 2.21 bits per heavy atom. The first-order valence-corrected chi connectivity index (χ1v) is 7.85. The molecule has 1 aliphatic carbocycles. The van der Waals surface area contributed by atoms with Gasteiger partial charge < -0.3 is 9.88 Å². The van der Waals surface area contributed by atoms with E-state index >= 15 is 0 Å². The minimum Gasteiger partial charge on any atom is -0.330 e. The van der Waals surface area contributed by atoms with E-state index < -0.39 is 0 Å². The number of nitrogens with one attached hydrogen (secondary N) is 1. The molecule has 108 valence electrons. The van der Waals surface area contributed by atoms with Gasteiger partial charge in [0, 0.05) is 24.9 Å². The zero-order valence-corrected chi connectivity index (χ0v) is 12.9. The summed E-state index contributed by atoms with van der Waals surface area (Å²) < 4.78 is 2.42. The predicted molar refractivity (Wildman–Crippen MR) is 80.4 cm³/mol. The summed E-state index contributed by atoms with van der Waals surface area (Å²) in [6, 6.07) is 1.12. The molecule has 3 heteroatoms. The molecular formula is C16H29N3. The van der Waals surface area contributed by atoms with Crippen LogP contribution < -0.4 is 5.32 Å². The van der Waals surface area contributed by atoms with Gasteiger partial charge in [0.1, 0.15) is 5.82 Å². The van der Waals surface area contributed by atoms with Crippen molar-refractivity contribution in [3.63, 3.8) is 0 Å². The zero-order chi connectivity index (χ0) is 13.9. The first-order chi connectivity index (χ1) is 9.10. The standard InChI is InChI=1S/C16H29N3/c1-5-10-18-15-13(8-7-9-16(15,3)4)19-12-11-17-14(19)6-2/h11-13,15,18H,5-10H2,1-4H3. The van der Waals surface area contributed by atoms with E-state index in [9.17, 15) is 0 Å². The third kappa shape index (κ3) is 3.02. The molecule has 1 N–H and O–H groups in total. The van der Waals surface area contributed by atoms with Gasteiger partial charge in [-0.15, -0.1) is 0 Å². The topological polar surface area (TPSA) is 29.9 Å². The summed E-state index contributed by atoms with van der Waals surface area (Å²) in [7, 11) is 0. The minimum absolute atomic E-state index is 0.368. The average molecular weight is 263 g/mol. The van der Waals surface area contributed by atoms with E-state index in [1.165, 1.54) is 31.5 Å². The highest BCUT2D eigenvalue weighted by atomic mass is 15.1. The third-order valence-corrected chi connectivity index (χ3v) is 4.58. The second-order valence-corrected chi connectivity index (χ2v) is 6.48. The minimum atomic E-state index is 0.368. The largest absolute Gasteiger partial charge is 0.330 e. The monoisotopic (exact) mass is 263 g/mol. The Morgan fingerprint density at radius 3 is 2.89 bits per heavy atom. The van der Waals surface area contributed by atoms with Crippen molar-refractivity contribution in [2.45, 2.75) is 71.9 Å². The summed E-state index contributed by atoms with van der Waals surface area (Å²) in [5.74, 6) is 1.23. The maximum atomic E-state index is 4.51. The Balaban J connectivity index is 2.25. The predicted octanol–water partition coefficient (Wildman–Crippen LogP) is 3.56. The van der Waals surface area contributed by atoms with Crippen molar-refractivity contribution in [2.75, 3.05) is 6.54 Å². The summed E-state index contributed by atoms with van der Waals surface area (Å²) in [5.41, 5.74) is 0.368. The summed E-state index contributed by atoms with van der Waals surface area (Å²) >= 11 is 0. The van der Waals surface area contributed by atoms with Gasteiger partial charge in [0.25, 0.3) is 0 Å². The van der Waals surface area contributed by atoms with E-state index in [4.69, 9.17) is 0 Å². The van der Waals surface area contributed by atoms with Crippen molar-refractivity contribution in [3.8, 4) is 0 Å². The Labute approximate surface area is 117 Å². The van der Waals surface area contributed by atoms with Crippen molar-refractivity contribution in [3.05, 3.63) is 18.2 Å². The fourth-order valence-electron chi connectivity index (χ4n) is 3.54. The fraction of sp³-hybridized carbons (Fsp3) is 0.812. The number of aryl methyl sites for hydroxylation is 1. The van der Waals surface area contributed by atoms with Crippen LogP contribution in [0.2, 0.25) is 0 Å². The Bertz CT molecular complexity index is 394. The molecule has 0 radical (unpaired) electrons. The highest BCUT2D eigenvalue weighted by molar-refractivity contribution is 5.03. The van der Waals surface area contributed by atoms with Crippen molar-refractivity contribution < 1.29 is 0 Å². The maximum absolute atomic E-state index is 4.51. The van der Waals surface area contributed by atoms with Crippen LogP contribution in [0.4, 0.5) is 0 Å². The molecule has 2 unspecified atom stereocenters. The molecule has 1 aromatic rings.